The van der Waals surface area contributed by atoms with Gasteiger partial charge in [-0.05, 0) is 83.0 Å². The van der Waals surface area contributed by atoms with Gasteiger partial charge in [0.1, 0.15) is 11.4 Å². The smallest absolute Gasteiger partial charge is 0.306 e. The van der Waals surface area contributed by atoms with Crippen molar-refractivity contribution < 1.29 is 19.2 Å². The third-order valence-electron chi connectivity index (χ3n) is 6.21. The molecule has 1 heterocycles. The van der Waals surface area contributed by atoms with Gasteiger partial charge in [0.25, 0.3) is 0 Å². The van der Waals surface area contributed by atoms with E-state index in [0.29, 0.717) is 30.1 Å². The van der Waals surface area contributed by atoms with Crippen molar-refractivity contribution in [3.05, 3.63) is 17.0 Å². The van der Waals surface area contributed by atoms with Crippen LogP contribution < -0.4 is 0 Å². The number of aromatic nitrogens is 1. The zero-order valence-electron chi connectivity index (χ0n) is 19.8. The Kier molecular flexibility index (Phi) is 7.01. The molecule has 0 aliphatic heterocycles. The number of rotatable bonds is 9. The van der Waals surface area contributed by atoms with Crippen LogP contribution in [-0.2, 0) is 9.53 Å². The first-order valence-electron chi connectivity index (χ1n) is 11.8. The third kappa shape index (κ3) is 6.32. The Hall–Kier alpha value is -1.36. The van der Waals surface area contributed by atoms with E-state index in [4.69, 9.17) is 9.26 Å². The van der Waals surface area contributed by atoms with E-state index in [0.717, 1.165) is 23.8 Å². The largest absolute Gasteiger partial charge is 0.460 e. The molecule has 0 amide bonds. The minimum atomic E-state index is -0.499. The Bertz CT molecular complexity index is 714. The summed E-state index contributed by atoms with van der Waals surface area (Å²) in [5.74, 6) is 2.59. The Morgan fingerprint density at radius 1 is 1.17 bits per heavy atom. The average Bonchev–Trinajstić information content (AvgIpc) is 3.31. The highest BCUT2D eigenvalue weighted by molar-refractivity contribution is 5.71. The topological polar surface area (TPSA) is 72.6 Å². The van der Waals surface area contributed by atoms with E-state index < -0.39 is 5.60 Å². The first-order valence-corrected chi connectivity index (χ1v) is 11.8. The molecule has 3 rings (SSSR count). The highest BCUT2D eigenvalue weighted by Crippen LogP contribution is 2.53. The predicted octanol–water partition coefficient (Wildman–Crippen LogP) is 6.07. The van der Waals surface area contributed by atoms with Crippen LogP contribution >= 0.6 is 0 Å². The lowest BCUT2D eigenvalue weighted by molar-refractivity contribution is -0.155. The van der Waals surface area contributed by atoms with Gasteiger partial charge in [-0.3, -0.25) is 4.79 Å². The predicted molar refractivity (Wildman–Crippen MR) is 118 cm³/mol. The van der Waals surface area contributed by atoms with Gasteiger partial charge >= 0.3 is 5.97 Å². The lowest BCUT2D eigenvalue weighted by Crippen LogP contribution is -2.26. The molecule has 2 fully saturated rings. The maximum Gasteiger partial charge on any atom is 0.306 e. The van der Waals surface area contributed by atoms with Crippen LogP contribution in [0.15, 0.2) is 4.52 Å². The fraction of sp³-hybridized carbons (Fsp3) is 0.840. The summed E-state index contributed by atoms with van der Waals surface area (Å²) in [6, 6.07) is 0. The molecule has 5 heteroatoms. The van der Waals surface area contributed by atoms with E-state index >= 15 is 0 Å². The fourth-order valence-corrected chi connectivity index (χ4v) is 4.93. The summed E-state index contributed by atoms with van der Waals surface area (Å²) >= 11 is 0. The van der Waals surface area contributed by atoms with E-state index in [1.54, 1.807) is 0 Å². The second-order valence-electron chi connectivity index (χ2n) is 11.8. The van der Waals surface area contributed by atoms with Crippen LogP contribution in [0.2, 0.25) is 0 Å². The molecule has 5 nitrogen and oxygen atoms in total. The van der Waals surface area contributed by atoms with E-state index in [1.165, 1.54) is 37.7 Å². The maximum absolute atomic E-state index is 12.5. The quantitative estimate of drug-likeness (QED) is 0.492. The van der Waals surface area contributed by atoms with Crippen molar-refractivity contribution in [3.63, 3.8) is 0 Å². The van der Waals surface area contributed by atoms with E-state index in [9.17, 15) is 9.90 Å². The maximum atomic E-state index is 12.5. The van der Waals surface area contributed by atoms with Gasteiger partial charge in [0.05, 0.1) is 12.1 Å². The monoisotopic (exact) mass is 419 g/mol. The van der Waals surface area contributed by atoms with Crippen LogP contribution in [0.25, 0.3) is 0 Å². The second-order valence-corrected chi connectivity index (χ2v) is 11.8. The number of aliphatic hydroxyl groups is 1. The van der Waals surface area contributed by atoms with Crippen molar-refractivity contribution in [2.45, 2.75) is 116 Å². The fourth-order valence-electron chi connectivity index (χ4n) is 4.93. The van der Waals surface area contributed by atoms with Gasteiger partial charge < -0.3 is 14.4 Å². The van der Waals surface area contributed by atoms with Gasteiger partial charge in [-0.2, -0.15) is 0 Å². The summed E-state index contributed by atoms with van der Waals surface area (Å²) in [7, 11) is 0. The first-order chi connectivity index (χ1) is 14.0. The van der Waals surface area contributed by atoms with Crippen LogP contribution in [0.3, 0.4) is 0 Å². The summed E-state index contributed by atoms with van der Waals surface area (Å²) in [5, 5.41) is 13.9. The zero-order valence-corrected chi connectivity index (χ0v) is 19.8. The number of hydrogen-bond acceptors (Lipinski definition) is 5. The van der Waals surface area contributed by atoms with Crippen LogP contribution in [0.5, 0.6) is 0 Å². The van der Waals surface area contributed by atoms with Crippen molar-refractivity contribution in [1.29, 1.82) is 0 Å². The van der Waals surface area contributed by atoms with Gasteiger partial charge in [-0.15, -0.1) is 0 Å². The van der Waals surface area contributed by atoms with E-state index in [1.807, 2.05) is 20.8 Å². The number of aliphatic hydroxyl groups excluding tert-OH is 1. The Morgan fingerprint density at radius 2 is 1.83 bits per heavy atom. The molecule has 2 saturated carbocycles. The Balaban J connectivity index is 1.75. The second kappa shape index (κ2) is 9.02. The molecule has 1 aromatic rings. The molecule has 2 aliphatic rings. The lowest BCUT2D eigenvalue weighted by atomic mass is 9.66. The third-order valence-corrected chi connectivity index (χ3v) is 6.21. The summed E-state index contributed by atoms with van der Waals surface area (Å²) < 4.78 is 11.5. The molecule has 0 saturated heterocycles. The minimum absolute atomic E-state index is 0.0504. The summed E-state index contributed by atoms with van der Waals surface area (Å²) in [5.41, 5.74) is 2.09. The number of hydrogen-bond donors (Lipinski definition) is 1. The molecule has 0 bridgehead atoms. The molecule has 0 spiro atoms. The number of ether oxygens (including phenoxy) is 1. The molecule has 0 unspecified atom stereocenters. The molecule has 0 radical (unpaired) electrons. The lowest BCUT2D eigenvalue weighted by Gasteiger charge is -2.38. The van der Waals surface area contributed by atoms with Crippen molar-refractivity contribution in [1.82, 2.24) is 5.16 Å². The number of esters is 1. The summed E-state index contributed by atoms with van der Waals surface area (Å²) in [6.45, 7) is 12.7. The van der Waals surface area contributed by atoms with Gasteiger partial charge in [-0.1, -0.05) is 25.9 Å². The number of carbonyl (C=O) groups is 1. The highest BCUT2D eigenvalue weighted by atomic mass is 16.6. The van der Waals surface area contributed by atoms with Crippen molar-refractivity contribution >= 4 is 5.97 Å². The Morgan fingerprint density at radius 3 is 2.37 bits per heavy atom. The number of carbonyl (C=O) groups excluding carboxylic acids is 1. The standard InChI is InChI=1S/C25H41NO4/c1-24(2,3)15-16-12-19(13-16)23-21(17-9-10-17)22(26-30-23)18(8-7-11-27)14-20(28)29-25(4,5)6/h16-19,27H,7-15H2,1-6H3/t16?,18-,19?/m0/s1. The molecule has 30 heavy (non-hydrogen) atoms. The zero-order chi connectivity index (χ0) is 22.1. The SMILES string of the molecule is CC(C)(C)CC1CC(c2onc([C@@H](CCCO)CC(=O)OC(C)(C)C)c2C2CC2)C1. The van der Waals surface area contributed by atoms with Gasteiger partial charge in [0.15, 0.2) is 0 Å². The molecule has 1 atom stereocenters. The highest BCUT2D eigenvalue weighted by Gasteiger charge is 2.42. The molecule has 1 aromatic heterocycles. The van der Waals surface area contributed by atoms with Crippen LogP contribution in [0.1, 0.15) is 128 Å². The summed E-state index contributed by atoms with van der Waals surface area (Å²) in [4.78, 5) is 12.5. The number of nitrogens with zero attached hydrogens (tertiary/aromatic N) is 1. The van der Waals surface area contributed by atoms with Gasteiger partial charge in [0.2, 0.25) is 0 Å². The van der Waals surface area contributed by atoms with E-state index in [-0.39, 0.29) is 18.5 Å². The van der Waals surface area contributed by atoms with Crippen molar-refractivity contribution in [3.8, 4) is 0 Å². The molecular weight excluding hydrogens is 378 g/mol. The molecule has 1 N–H and O–H groups in total. The minimum Gasteiger partial charge on any atom is -0.460 e. The van der Waals surface area contributed by atoms with Gasteiger partial charge in [0, 0.05) is 24.0 Å². The van der Waals surface area contributed by atoms with Crippen molar-refractivity contribution in [2.75, 3.05) is 6.61 Å². The summed E-state index contributed by atoms with van der Waals surface area (Å²) in [6.07, 6.45) is 7.63. The molecule has 2 aliphatic carbocycles. The van der Waals surface area contributed by atoms with Crippen LogP contribution in [0, 0.1) is 11.3 Å². The molecular formula is C25H41NO4. The van der Waals surface area contributed by atoms with Crippen molar-refractivity contribution in [2.24, 2.45) is 11.3 Å². The van der Waals surface area contributed by atoms with Crippen LogP contribution in [-0.4, -0.2) is 28.4 Å². The van der Waals surface area contributed by atoms with Crippen LogP contribution in [0.4, 0.5) is 0 Å². The molecule has 0 aromatic carbocycles. The normalized spacial score (nSPS) is 23.2. The molecule has 170 valence electrons. The van der Waals surface area contributed by atoms with Gasteiger partial charge in [-0.25, -0.2) is 0 Å². The van der Waals surface area contributed by atoms with E-state index in [2.05, 4.69) is 25.9 Å². The average molecular weight is 420 g/mol. The first kappa shape index (κ1) is 23.3. The Labute approximate surface area is 181 Å².